The second-order valence-corrected chi connectivity index (χ2v) is 9.40. The number of imidazole rings is 1. The minimum Gasteiger partial charge on any atom is -0.382 e. The van der Waals surface area contributed by atoms with Crippen molar-refractivity contribution >= 4 is 33.3 Å². The van der Waals surface area contributed by atoms with Crippen LogP contribution in [0.5, 0.6) is 0 Å². The molecule has 172 valence electrons. The third kappa shape index (κ3) is 3.77. The summed E-state index contributed by atoms with van der Waals surface area (Å²) in [5.74, 6) is 0.788. The first kappa shape index (κ1) is 20.7. The third-order valence-electron chi connectivity index (χ3n) is 6.50. The maximum Gasteiger partial charge on any atom is 0.159 e. The molecule has 6 rings (SSSR count). The van der Waals surface area contributed by atoms with Gasteiger partial charge in [0.15, 0.2) is 5.82 Å². The van der Waals surface area contributed by atoms with Crippen LogP contribution in [0.1, 0.15) is 33.1 Å². The molecule has 0 amide bonds. The predicted molar refractivity (Wildman–Crippen MR) is 139 cm³/mol. The Bertz CT molecular complexity index is 1460. The lowest BCUT2D eigenvalue weighted by Crippen LogP contribution is -2.29. The molecule has 0 bridgehead atoms. The van der Waals surface area contributed by atoms with E-state index in [-0.39, 0.29) is 0 Å². The van der Waals surface area contributed by atoms with Crippen LogP contribution in [0.15, 0.2) is 54.9 Å². The van der Waals surface area contributed by atoms with Gasteiger partial charge in [-0.3, -0.25) is 10.1 Å². The van der Waals surface area contributed by atoms with Crippen molar-refractivity contribution in [3.63, 3.8) is 0 Å². The van der Waals surface area contributed by atoms with Gasteiger partial charge in [0.2, 0.25) is 0 Å². The quantitative estimate of drug-likeness (QED) is 0.306. The average molecular weight is 452 g/mol. The number of piperidine rings is 1. The highest BCUT2D eigenvalue weighted by Gasteiger charge is 2.18. The monoisotopic (exact) mass is 451 g/mol. The van der Waals surface area contributed by atoms with E-state index in [0.29, 0.717) is 6.04 Å². The first-order valence-corrected chi connectivity index (χ1v) is 12.1. The molecule has 4 heterocycles. The average Bonchev–Trinajstić information content (AvgIpc) is 3.48. The van der Waals surface area contributed by atoms with Crippen LogP contribution in [0.3, 0.4) is 0 Å². The van der Waals surface area contributed by atoms with Crippen LogP contribution in [0.25, 0.3) is 44.6 Å². The standard InChI is InChI=1S/C27H29N7/c1-17(2)29-20-13-19(15-28-16-20)18-9-10-22-21(14-18)25(33-32-22)27-30-23-7-6-8-24(26(23)31-27)34-11-4-3-5-12-34/h6-10,13-17,29H,3-5,11-12H2,1-2H3,(H,30,31)(H,32,33). The van der Waals surface area contributed by atoms with Gasteiger partial charge in [0.25, 0.3) is 0 Å². The van der Waals surface area contributed by atoms with Crippen LogP contribution in [-0.2, 0) is 0 Å². The predicted octanol–water partition coefficient (Wildman–Crippen LogP) is 5.98. The summed E-state index contributed by atoms with van der Waals surface area (Å²) in [6.45, 7) is 6.44. The molecule has 34 heavy (non-hydrogen) atoms. The summed E-state index contributed by atoms with van der Waals surface area (Å²) in [6, 6.07) is 15.2. The Hall–Kier alpha value is -3.87. The summed E-state index contributed by atoms with van der Waals surface area (Å²) in [5, 5.41) is 12.3. The van der Waals surface area contributed by atoms with E-state index in [1.54, 1.807) is 0 Å². The van der Waals surface area contributed by atoms with Crippen LogP contribution in [0.2, 0.25) is 0 Å². The Labute approximate surface area is 198 Å². The smallest absolute Gasteiger partial charge is 0.159 e. The molecule has 5 aromatic rings. The van der Waals surface area contributed by atoms with Gasteiger partial charge < -0.3 is 15.2 Å². The molecule has 0 spiro atoms. The number of H-pyrrole nitrogens is 2. The van der Waals surface area contributed by atoms with Crippen LogP contribution in [-0.4, -0.2) is 44.3 Å². The molecule has 0 radical (unpaired) electrons. The number of hydrogen-bond acceptors (Lipinski definition) is 5. The van der Waals surface area contributed by atoms with Gasteiger partial charge in [-0.2, -0.15) is 5.10 Å². The van der Waals surface area contributed by atoms with E-state index in [2.05, 4.69) is 86.7 Å². The molecule has 2 aromatic carbocycles. The molecule has 1 fully saturated rings. The number of nitrogens with one attached hydrogen (secondary N) is 3. The van der Waals surface area contributed by atoms with Gasteiger partial charge in [-0.05, 0) is 69.0 Å². The summed E-state index contributed by atoms with van der Waals surface area (Å²) < 4.78 is 0. The molecular weight excluding hydrogens is 422 g/mol. The molecule has 0 unspecified atom stereocenters. The van der Waals surface area contributed by atoms with E-state index in [9.17, 15) is 0 Å². The van der Waals surface area contributed by atoms with E-state index in [0.717, 1.165) is 63.4 Å². The molecule has 7 heteroatoms. The Morgan fingerprint density at radius 2 is 1.82 bits per heavy atom. The van der Waals surface area contributed by atoms with E-state index < -0.39 is 0 Å². The highest BCUT2D eigenvalue weighted by atomic mass is 15.2. The van der Waals surface area contributed by atoms with Crippen molar-refractivity contribution in [2.24, 2.45) is 0 Å². The van der Waals surface area contributed by atoms with Crippen molar-refractivity contribution in [2.45, 2.75) is 39.2 Å². The summed E-state index contributed by atoms with van der Waals surface area (Å²) in [6.07, 6.45) is 7.55. The largest absolute Gasteiger partial charge is 0.382 e. The summed E-state index contributed by atoms with van der Waals surface area (Å²) >= 11 is 0. The molecule has 0 aliphatic carbocycles. The van der Waals surface area contributed by atoms with Crippen molar-refractivity contribution in [3.8, 4) is 22.6 Å². The normalized spacial score (nSPS) is 14.4. The minimum absolute atomic E-state index is 0.350. The number of benzene rings is 2. The third-order valence-corrected chi connectivity index (χ3v) is 6.50. The zero-order valence-corrected chi connectivity index (χ0v) is 19.6. The Balaban J connectivity index is 1.41. The highest BCUT2D eigenvalue weighted by molar-refractivity contribution is 5.97. The van der Waals surface area contributed by atoms with Crippen LogP contribution in [0, 0.1) is 0 Å². The van der Waals surface area contributed by atoms with Gasteiger partial charge in [0, 0.05) is 42.5 Å². The van der Waals surface area contributed by atoms with E-state index in [1.165, 1.54) is 24.9 Å². The zero-order valence-electron chi connectivity index (χ0n) is 19.6. The van der Waals surface area contributed by atoms with Crippen LogP contribution < -0.4 is 10.2 Å². The van der Waals surface area contributed by atoms with E-state index in [1.807, 2.05) is 12.4 Å². The molecule has 0 atom stereocenters. The summed E-state index contributed by atoms with van der Waals surface area (Å²) in [4.78, 5) is 15.4. The molecule has 0 saturated carbocycles. The van der Waals surface area contributed by atoms with Crippen LogP contribution >= 0.6 is 0 Å². The summed E-state index contributed by atoms with van der Waals surface area (Å²) in [5.41, 5.74) is 8.27. The molecule has 1 aliphatic heterocycles. The maximum atomic E-state index is 5.03. The number of pyridine rings is 1. The number of aromatic nitrogens is 5. The van der Waals surface area contributed by atoms with Gasteiger partial charge >= 0.3 is 0 Å². The topological polar surface area (TPSA) is 85.5 Å². The Morgan fingerprint density at radius 1 is 0.941 bits per heavy atom. The molecule has 1 aliphatic rings. The highest BCUT2D eigenvalue weighted by Crippen LogP contribution is 2.33. The lowest BCUT2D eigenvalue weighted by atomic mass is 10.0. The molecule has 3 aromatic heterocycles. The second-order valence-electron chi connectivity index (χ2n) is 9.40. The summed E-state index contributed by atoms with van der Waals surface area (Å²) in [7, 11) is 0. The molecule has 7 nitrogen and oxygen atoms in total. The maximum absolute atomic E-state index is 5.03. The fourth-order valence-corrected chi connectivity index (χ4v) is 4.90. The van der Waals surface area contributed by atoms with Crippen molar-refractivity contribution in [1.29, 1.82) is 0 Å². The molecule has 1 saturated heterocycles. The van der Waals surface area contributed by atoms with Gasteiger partial charge in [0.1, 0.15) is 11.2 Å². The van der Waals surface area contributed by atoms with E-state index >= 15 is 0 Å². The lowest BCUT2D eigenvalue weighted by Gasteiger charge is -2.28. The SMILES string of the molecule is CC(C)Nc1cncc(-c2ccc3[nH]nc(-c4nc5c(N6CCCCC6)cccc5[nH]4)c3c2)c1. The first-order valence-electron chi connectivity index (χ1n) is 12.1. The fraction of sp³-hybridized carbons (Fsp3) is 0.296. The van der Waals surface area contributed by atoms with E-state index in [4.69, 9.17) is 4.98 Å². The van der Waals surface area contributed by atoms with Crippen molar-refractivity contribution < 1.29 is 0 Å². The number of aromatic amines is 2. The number of rotatable bonds is 5. The first-order chi connectivity index (χ1) is 16.7. The van der Waals surface area contributed by atoms with Crippen molar-refractivity contribution in [1.82, 2.24) is 25.1 Å². The zero-order chi connectivity index (χ0) is 23.1. The molecular formula is C27H29N7. The van der Waals surface area contributed by atoms with Gasteiger partial charge in [-0.25, -0.2) is 4.98 Å². The van der Waals surface area contributed by atoms with Crippen molar-refractivity contribution in [3.05, 3.63) is 54.9 Å². The fourth-order valence-electron chi connectivity index (χ4n) is 4.90. The number of hydrogen-bond donors (Lipinski definition) is 3. The van der Waals surface area contributed by atoms with Gasteiger partial charge in [0.05, 0.1) is 22.4 Å². The van der Waals surface area contributed by atoms with Gasteiger partial charge in [-0.15, -0.1) is 0 Å². The van der Waals surface area contributed by atoms with Crippen molar-refractivity contribution in [2.75, 3.05) is 23.3 Å². The Morgan fingerprint density at radius 3 is 2.68 bits per heavy atom. The number of fused-ring (bicyclic) bond motifs is 2. The lowest BCUT2D eigenvalue weighted by molar-refractivity contribution is 0.579. The van der Waals surface area contributed by atoms with Gasteiger partial charge in [-0.1, -0.05) is 12.1 Å². The Kier molecular flexibility index (Phi) is 5.17. The second kappa shape index (κ2) is 8.48. The number of nitrogens with zero attached hydrogens (tertiary/aromatic N) is 4. The molecule has 3 N–H and O–H groups in total. The number of para-hydroxylation sites is 1. The van der Waals surface area contributed by atoms with Crippen LogP contribution in [0.4, 0.5) is 11.4 Å². The number of anilines is 2. The minimum atomic E-state index is 0.350.